The zero-order chi connectivity index (χ0) is 11.5. The molecule has 2 nitrogen and oxygen atoms in total. The van der Waals surface area contributed by atoms with Gasteiger partial charge in [-0.15, -0.1) is 11.3 Å². The second kappa shape index (κ2) is 5.31. The van der Waals surface area contributed by atoms with Crippen molar-refractivity contribution in [1.29, 1.82) is 0 Å². The summed E-state index contributed by atoms with van der Waals surface area (Å²) >= 11 is 4.10. The van der Waals surface area contributed by atoms with Crippen LogP contribution in [0.3, 0.4) is 0 Å². The number of nitrogens with zero attached hydrogens (tertiary/aromatic N) is 1. The minimum absolute atomic E-state index is 0.992. The van der Waals surface area contributed by atoms with Crippen LogP contribution in [0.15, 0.2) is 16.7 Å². The first-order valence-electron chi connectivity index (χ1n) is 5.43. The Morgan fingerprint density at radius 1 is 1.44 bits per heavy atom. The fourth-order valence-electron chi connectivity index (χ4n) is 1.52. The highest BCUT2D eigenvalue weighted by Gasteiger charge is 2.15. The zero-order valence-corrected chi connectivity index (χ0v) is 12.4. The molecule has 0 aromatic carbocycles. The largest absolute Gasteiger partial charge is 0.360 e. The number of hydrogen-bond donors (Lipinski definition) is 0. The predicted octanol–water partition coefficient (Wildman–Crippen LogP) is 4.66. The van der Waals surface area contributed by atoms with Crippen molar-refractivity contribution >= 4 is 33.9 Å². The molecule has 16 heavy (non-hydrogen) atoms. The Balaban J connectivity index is 2.26. The van der Waals surface area contributed by atoms with Crippen LogP contribution in [-0.2, 0) is 6.42 Å². The van der Waals surface area contributed by atoms with Crippen molar-refractivity contribution in [3.63, 3.8) is 0 Å². The molecule has 2 aromatic heterocycles. The Morgan fingerprint density at radius 2 is 2.25 bits per heavy atom. The first-order chi connectivity index (χ1) is 7.72. The van der Waals surface area contributed by atoms with Crippen LogP contribution in [0.4, 0.5) is 0 Å². The highest BCUT2D eigenvalue weighted by molar-refractivity contribution is 14.1. The van der Waals surface area contributed by atoms with Crippen molar-refractivity contribution in [2.45, 2.75) is 33.1 Å². The molecule has 2 heterocycles. The van der Waals surface area contributed by atoms with Gasteiger partial charge in [-0.2, -0.15) is 0 Å². The quantitative estimate of drug-likeness (QED) is 0.752. The molecular formula is C12H14INOS. The van der Waals surface area contributed by atoms with Crippen LogP contribution >= 0.6 is 33.9 Å². The molecule has 0 saturated carbocycles. The van der Waals surface area contributed by atoms with Gasteiger partial charge in [0.1, 0.15) is 5.69 Å². The highest BCUT2D eigenvalue weighted by Crippen LogP contribution is 2.32. The van der Waals surface area contributed by atoms with Gasteiger partial charge >= 0.3 is 0 Å². The SMILES string of the molecule is CCCCc1onc(-c2ccc(C)s2)c1I. The van der Waals surface area contributed by atoms with Gasteiger partial charge in [0.25, 0.3) is 0 Å². The second-order valence-electron chi connectivity index (χ2n) is 3.78. The molecule has 0 N–H and O–H groups in total. The molecule has 0 aliphatic rings. The average Bonchev–Trinajstić information content (AvgIpc) is 2.83. The maximum Gasteiger partial charge on any atom is 0.150 e. The van der Waals surface area contributed by atoms with Gasteiger partial charge < -0.3 is 4.52 Å². The summed E-state index contributed by atoms with van der Waals surface area (Å²) in [5.41, 5.74) is 1.00. The molecule has 0 atom stereocenters. The van der Waals surface area contributed by atoms with Gasteiger partial charge in [-0.05, 0) is 48.1 Å². The number of thiophene rings is 1. The lowest BCUT2D eigenvalue weighted by atomic mass is 10.2. The van der Waals surface area contributed by atoms with Gasteiger partial charge in [0, 0.05) is 11.3 Å². The Labute approximate surface area is 113 Å². The van der Waals surface area contributed by atoms with Crippen LogP contribution in [-0.4, -0.2) is 5.16 Å². The monoisotopic (exact) mass is 347 g/mol. The van der Waals surface area contributed by atoms with Gasteiger partial charge in [0.2, 0.25) is 0 Å². The van der Waals surface area contributed by atoms with Crippen LogP contribution < -0.4 is 0 Å². The van der Waals surface area contributed by atoms with E-state index in [0.29, 0.717) is 0 Å². The summed E-state index contributed by atoms with van der Waals surface area (Å²) in [7, 11) is 0. The van der Waals surface area contributed by atoms with Gasteiger partial charge in [0.15, 0.2) is 5.76 Å². The van der Waals surface area contributed by atoms with E-state index >= 15 is 0 Å². The third-order valence-corrected chi connectivity index (χ3v) is 4.55. The summed E-state index contributed by atoms with van der Waals surface area (Å²) in [4.78, 5) is 2.51. The van der Waals surface area contributed by atoms with Gasteiger partial charge in [0.05, 0.1) is 8.45 Å². The van der Waals surface area contributed by atoms with E-state index in [2.05, 4.69) is 53.7 Å². The zero-order valence-electron chi connectivity index (χ0n) is 9.42. The Bertz CT molecular complexity index is 475. The summed E-state index contributed by atoms with van der Waals surface area (Å²) in [6.45, 7) is 4.30. The van der Waals surface area contributed by atoms with E-state index in [0.717, 1.165) is 24.3 Å². The molecule has 0 fully saturated rings. The Morgan fingerprint density at radius 3 is 2.88 bits per heavy atom. The van der Waals surface area contributed by atoms with Crippen LogP contribution in [0, 0.1) is 10.5 Å². The number of aryl methyl sites for hydroxylation is 2. The number of hydrogen-bond acceptors (Lipinski definition) is 3. The van der Waals surface area contributed by atoms with Crippen LogP contribution in [0.25, 0.3) is 10.6 Å². The minimum Gasteiger partial charge on any atom is -0.360 e. The highest BCUT2D eigenvalue weighted by atomic mass is 127. The van der Waals surface area contributed by atoms with Crippen molar-refractivity contribution < 1.29 is 4.52 Å². The van der Waals surface area contributed by atoms with Crippen molar-refractivity contribution in [2.75, 3.05) is 0 Å². The Hall–Kier alpha value is -0.360. The molecule has 0 aliphatic heterocycles. The van der Waals surface area contributed by atoms with Crippen molar-refractivity contribution in [1.82, 2.24) is 5.16 Å². The van der Waals surface area contributed by atoms with E-state index in [1.165, 1.54) is 19.7 Å². The van der Waals surface area contributed by atoms with Crippen molar-refractivity contribution in [2.24, 2.45) is 0 Å². The van der Waals surface area contributed by atoms with Crippen molar-refractivity contribution in [3.05, 3.63) is 26.3 Å². The van der Waals surface area contributed by atoms with Gasteiger partial charge in [-0.25, -0.2) is 0 Å². The van der Waals surface area contributed by atoms with Crippen LogP contribution in [0.1, 0.15) is 30.4 Å². The standard InChI is InChI=1S/C12H14INOS/c1-3-4-5-9-11(13)12(14-15-9)10-7-6-8(2)16-10/h6-7H,3-5H2,1-2H3. The normalized spacial score (nSPS) is 10.9. The molecule has 0 unspecified atom stereocenters. The first kappa shape index (κ1) is 12.1. The fraction of sp³-hybridized carbons (Fsp3) is 0.417. The summed E-state index contributed by atoms with van der Waals surface area (Å²) in [6, 6.07) is 4.24. The number of aromatic nitrogens is 1. The topological polar surface area (TPSA) is 26.0 Å². The Kier molecular flexibility index (Phi) is 4.02. The third-order valence-electron chi connectivity index (χ3n) is 2.43. The molecule has 2 aromatic rings. The molecule has 0 radical (unpaired) electrons. The lowest BCUT2D eigenvalue weighted by Crippen LogP contribution is -1.84. The molecule has 0 bridgehead atoms. The summed E-state index contributed by atoms with van der Waals surface area (Å²) in [6.07, 6.45) is 3.34. The van der Waals surface area contributed by atoms with E-state index in [4.69, 9.17) is 4.52 Å². The fourth-order valence-corrected chi connectivity index (χ4v) is 3.32. The first-order valence-corrected chi connectivity index (χ1v) is 7.32. The van der Waals surface area contributed by atoms with Gasteiger partial charge in [-0.1, -0.05) is 18.5 Å². The van der Waals surface area contributed by atoms with E-state index < -0.39 is 0 Å². The molecule has 2 rings (SSSR count). The number of unbranched alkanes of at least 4 members (excludes halogenated alkanes) is 1. The minimum atomic E-state index is 0.992. The number of rotatable bonds is 4. The van der Waals surface area contributed by atoms with Crippen molar-refractivity contribution in [3.8, 4) is 10.6 Å². The van der Waals surface area contributed by atoms with E-state index in [1.807, 2.05) is 0 Å². The molecule has 0 amide bonds. The van der Waals surface area contributed by atoms with Gasteiger partial charge in [-0.3, -0.25) is 0 Å². The summed E-state index contributed by atoms with van der Waals surface area (Å²) < 4.78 is 6.58. The molecule has 4 heteroatoms. The molecule has 0 saturated heterocycles. The van der Waals surface area contributed by atoms with E-state index in [1.54, 1.807) is 11.3 Å². The summed E-state index contributed by atoms with van der Waals surface area (Å²) in [5, 5.41) is 4.18. The molecular weight excluding hydrogens is 333 g/mol. The smallest absolute Gasteiger partial charge is 0.150 e. The maximum absolute atomic E-state index is 5.41. The average molecular weight is 347 g/mol. The van der Waals surface area contributed by atoms with Crippen LogP contribution in [0.5, 0.6) is 0 Å². The number of halogens is 1. The lowest BCUT2D eigenvalue weighted by molar-refractivity contribution is 0.381. The third kappa shape index (κ3) is 2.48. The predicted molar refractivity (Wildman–Crippen MR) is 75.9 cm³/mol. The maximum atomic E-state index is 5.41. The molecule has 0 aliphatic carbocycles. The van der Waals surface area contributed by atoms with E-state index in [-0.39, 0.29) is 0 Å². The van der Waals surface area contributed by atoms with E-state index in [9.17, 15) is 0 Å². The second-order valence-corrected chi connectivity index (χ2v) is 6.15. The lowest BCUT2D eigenvalue weighted by Gasteiger charge is -1.93. The molecule has 0 spiro atoms. The molecule has 86 valence electrons. The summed E-state index contributed by atoms with van der Waals surface area (Å²) in [5.74, 6) is 1.03. The van der Waals surface area contributed by atoms with Crippen LogP contribution in [0.2, 0.25) is 0 Å².